The van der Waals surface area contributed by atoms with Crippen LogP contribution in [0.1, 0.15) is 175 Å². The second-order valence-electron chi connectivity index (χ2n) is 33.1. The summed E-state index contributed by atoms with van der Waals surface area (Å²) in [6.07, 6.45) is -46.6. The van der Waals surface area contributed by atoms with Crippen LogP contribution in [0.25, 0.3) is 0 Å². The van der Waals surface area contributed by atoms with Crippen molar-refractivity contribution in [3.8, 4) is 0 Å². The van der Waals surface area contributed by atoms with Crippen molar-refractivity contribution in [1.82, 2.24) is 0 Å². The first-order chi connectivity index (χ1) is 62.9. The van der Waals surface area contributed by atoms with Crippen LogP contribution in [0.4, 0.5) is 136 Å². The van der Waals surface area contributed by atoms with E-state index in [1.165, 1.54) is 6.92 Å². The topological polar surface area (TPSA) is 224 Å². The van der Waals surface area contributed by atoms with Gasteiger partial charge in [-0.1, -0.05) is 20.1 Å². The van der Waals surface area contributed by atoms with Crippen LogP contribution in [-0.2, 0) is 61.8 Å². The number of rotatable bonds is 43. The largest absolute Gasteiger partial charge is 0.522 e. The average molecular weight is 2190 g/mol. The summed E-state index contributed by atoms with van der Waals surface area (Å²) in [4.78, 5) is 33.9. The first kappa shape index (κ1) is 133. The number of aliphatic hydroxyl groups is 4. The number of carbonyl (C=O) groups is 3. The number of carbonyl (C=O) groups excluding carboxylic acids is 3. The Labute approximate surface area is 805 Å². The van der Waals surface area contributed by atoms with Crippen LogP contribution >= 0.6 is 82.3 Å². The van der Waals surface area contributed by atoms with Gasteiger partial charge < -0.3 is 58.3 Å². The van der Waals surface area contributed by atoms with Gasteiger partial charge in [0.2, 0.25) is 0 Å². The molecule has 0 aliphatic carbocycles. The predicted octanol–water partition coefficient (Wildman–Crippen LogP) is 24.1. The van der Waals surface area contributed by atoms with E-state index in [0.717, 1.165) is 177 Å². The van der Waals surface area contributed by atoms with E-state index in [0.29, 0.717) is 43.9 Å². The second-order valence-corrected chi connectivity index (χ2v) is 41.6. The molecule has 0 spiro atoms. The summed E-state index contributed by atoms with van der Waals surface area (Å²) in [6, 6.07) is 0. The van der Waals surface area contributed by atoms with E-state index in [4.69, 9.17) is 14.2 Å². The quantitative estimate of drug-likeness (QED) is 0.0193. The normalized spacial score (nSPS) is 19.9. The molecule has 0 aromatic rings. The van der Waals surface area contributed by atoms with E-state index < -0.39 is 193 Å². The lowest BCUT2D eigenvalue weighted by atomic mass is 9.95. The lowest BCUT2D eigenvalue weighted by molar-refractivity contribution is -0.394. The zero-order valence-corrected chi connectivity index (χ0v) is 81.1. The number of aliphatic hydroxyl groups excluding tert-OH is 4. The van der Waals surface area contributed by atoms with Gasteiger partial charge in [0.25, 0.3) is 0 Å². The van der Waals surface area contributed by atoms with Crippen LogP contribution < -0.4 is 0 Å². The molecule has 4 N–H and O–H groups in total. The van der Waals surface area contributed by atoms with E-state index in [1.54, 1.807) is 54.0 Å². The fraction of sp³-hybridized carbons (Fsp3) is 0.915. The molecule has 7 unspecified atom stereocenters. The summed E-state index contributed by atoms with van der Waals surface area (Å²) in [7, 11) is 0. The van der Waals surface area contributed by atoms with E-state index in [9.17, 15) is 171 Å². The molecule has 17 nitrogen and oxygen atoms in total. The smallest absolute Gasteiger partial charge is 0.460 e. The van der Waals surface area contributed by atoms with Gasteiger partial charge in [-0.15, -0.1) is 26.3 Å². The third-order valence-corrected chi connectivity index (χ3v) is 28.4. The maximum Gasteiger partial charge on any atom is 0.522 e. The summed E-state index contributed by atoms with van der Waals surface area (Å²) in [6.45, 7) is 3.82. The molecule has 812 valence electrons. The number of halogens is 31. The van der Waals surface area contributed by atoms with Gasteiger partial charge in [-0.25, -0.2) is 9.59 Å². The zero-order chi connectivity index (χ0) is 105. The molecule has 7 aliphatic heterocycles. The number of alkyl halides is 31. The van der Waals surface area contributed by atoms with Crippen molar-refractivity contribution in [1.29, 1.82) is 0 Å². The van der Waals surface area contributed by atoms with E-state index in [1.807, 2.05) is 35.3 Å². The van der Waals surface area contributed by atoms with Crippen molar-refractivity contribution >= 4 is 100 Å². The molecule has 7 saturated heterocycles. The van der Waals surface area contributed by atoms with E-state index >= 15 is 0 Å². The summed E-state index contributed by atoms with van der Waals surface area (Å²) in [5.41, 5.74) is 0.201. The van der Waals surface area contributed by atoms with Crippen LogP contribution in [-0.4, -0.2) is 287 Å². The fourth-order valence-corrected chi connectivity index (χ4v) is 21.8. The molecule has 7 fully saturated rings. The molecule has 7 atom stereocenters. The van der Waals surface area contributed by atoms with Crippen LogP contribution in [0.3, 0.4) is 0 Å². The highest BCUT2D eigenvalue weighted by Gasteiger charge is 2.64. The van der Waals surface area contributed by atoms with Crippen LogP contribution in [0, 0.1) is 41.4 Å². The number of esters is 3. The third-order valence-electron chi connectivity index (χ3n) is 21.0. The zero-order valence-electron chi connectivity index (χ0n) is 75.4. The molecule has 0 aromatic heterocycles. The van der Waals surface area contributed by atoms with Crippen molar-refractivity contribution < 1.29 is 218 Å². The van der Waals surface area contributed by atoms with E-state index in [2.05, 4.69) is 46.3 Å². The maximum atomic E-state index is 13.3. The Kier molecular flexibility index (Phi) is 62.1. The molecule has 0 aromatic carbocycles. The van der Waals surface area contributed by atoms with Gasteiger partial charge in [0.1, 0.15) is 24.7 Å². The van der Waals surface area contributed by atoms with Crippen LogP contribution in [0.2, 0.25) is 0 Å². The molecule has 0 saturated carbocycles. The van der Waals surface area contributed by atoms with E-state index in [-0.39, 0.29) is 68.3 Å². The number of thioether (sulfide) groups is 7. The molecule has 7 rings (SSSR count). The van der Waals surface area contributed by atoms with Crippen molar-refractivity contribution in [2.75, 3.05) is 127 Å². The minimum absolute atomic E-state index is 0.0733. The Balaban J connectivity index is 0.000000803. The van der Waals surface area contributed by atoms with Gasteiger partial charge in [-0.05, 0) is 263 Å². The summed E-state index contributed by atoms with van der Waals surface area (Å²) >= 11 is 12.5. The highest BCUT2D eigenvalue weighted by molar-refractivity contribution is 8.00. The fourth-order valence-electron chi connectivity index (χ4n) is 13.3. The molecular formula is C82H123F31O17S7. The number of hydrogen-bond donors (Lipinski definition) is 4. The molecule has 0 bridgehead atoms. The number of ether oxygens (including phenoxy) is 10. The van der Waals surface area contributed by atoms with Crippen molar-refractivity contribution in [3.63, 3.8) is 0 Å². The van der Waals surface area contributed by atoms with Crippen LogP contribution in [0.5, 0.6) is 0 Å². The Hall–Kier alpha value is -2.27. The minimum Gasteiger partial charge on any atom is -0.460 e. The molecular weight excluding hydrogens is 2070 g/mol. The standard InChI is InChI=1S/C16H24F4O3S.C13H17F5O3S.C12H17F7O2S.C11H18F4O2S.C11H17F3O3S.C10H15F5O2S.C9H15F3O2S/c1-4-11(2)14(21)23-13(9-12-5-7-24-8-6-12)10-22-16(19,20)15(3,17)18;1-2-11(19)21-10(7-9-3-5-22-6-4-9)8-20-13(17,18)12(14,15)16;13-10(14,7-11(15,16)17)12(18,19)21-6-9(20)5-8-1-3-22-4-2-8;1-10(12,13)11(14,15)17-7-9(16)6-8-2-4-18-5-3-8;1-8(15)17-10(7-16-11(12,13)14)6-9-2-4-18-5-3-9;11-9(12,13)10(14,15)17-6-8(16)5-7-1-3-18-4-2-7;10-9(11,12)14-6-8(13)5-7-1-3-15-4-2-7/h12-13H,2,4-10H2,1,3H3;2,9-10H,1,3-8H2;8-9,20H,1-7H2;8-9,16H,2-7H2,1H3;9-10H,2-7H2,1H3;7-8,16H,1-6H2;7-8,13H,1-6H2. The second kappa shape index (κ2) is 64.1. The van der Waals surface area contributed by atoms with Gasteiger partial charge in [0, 0.05) is 32.4 Å². The highest BCUT2D eigenvalue weighted by Crippen LogP contribution is 2.46. The van der Waals surface area contributed by atoms with Crippen molar-refractivity contribution in [2.45, 2.75) is 298 Å². The molecule has 0 amide bonds. The predicted molar refractivity (Wildman–Crippen MR) is 459 cm³/mol. The molecule has 55 heteroatoms. The Morgan fingerprint density at radius 1 is 0.328 bits per heavy atom. The first-order valence-electron chi connectivity index (χ1n) is 43.4. The average Bonchev–Trinajstić information content (AvgIpc) is 0.798. The van der Waals surface area contributed by atoms with Crippen molar-refractivity contribution in [3.05, 3.63) is 24.8 Å². The number of hydrogen-bond acceptors (Lipinski definition) is 24. The molecule has 7 aliphatic rings. The summed E-state index contributed by atoms with van der Waals surface area (Å²) < 4.78 is 424. The Morgan fingerprint density at radius 3 is 0.788 bits per heavy atom. The maximum absolute atomic E-state index is 13.3. The Bertz CT molecular complexity index is 3210. The lowest BCUT2D eigenvalue weighted by Crippen LogP contribution is -2.47. The highest BCUT2D eigenvalue weighted by atomic mass is 32.2. The minimum atomic E-state index is -5.80. The monoisotopic (exact) mass is 2190 g/mol. The molecule has 0 radical (unpaired) electrons. The van der Waals surface area contributed by atoms with Gasteiger partial charge in [-0.2, -0.15) is 192 Å². The third kappa shape index (κ3) is 61.2. The summed E-state index contributed by atoms with van der Waals surface area (Å²) in [5, 5.41) is 37.8. The first-order valence-corrected chi connectivity index (χ1v) is 51.5. The summed E-state index contributed by atoms with van der Waals surface area (Å²) in [5.74, 6) is -1.33. The molecule has 137 heavy (non-hydrogen) atoms. The lowest BCUT2D eigenvalue weighted by Gasteiger charge is -2.29. The van der Waals surface area contributed by atoms with Crippen LogP contribution in [0.15, 0.2) is 24.8 Å². The Morgan fingerprint density at radius 2 is 0.547 bits per heavy atom. The molecule has 7 heterocycles. The SMILES string of the molecule is C=C(CC)C(=O)OC(COC(F)(F)C(C)(F)F)CC1CCSCC1.C=CC(=O)OC(COC(F)(F)C(F)(F)F)CC1CCSCC1.CC(=O)OC(COC(F)(F)F)CC1CCSCC1.CC(F)(F)C(F)(F)OCC(O)CC1CCSCC1.OC(COC(F)(F)C(F)(F)CC(F)(F)F)CC1CCSCC1.OC(COC(F)(F)C(F)(F)F)CC1CCSCC1.OC(COC(F)(F)F)CC1CCSCC1. The van der Waals surface area contributed by atoms with Gasteiger partial charge in [0.15, 0.2) is 0 Å². The van der Waals surface area contributed by atoms with Gasteiger partial charge in [0.05, 0.1) is 70.7 Å². The van der Waals surface area contributed by atoms with Gasteiger partial charge in [-0.3, -0.25) is 14.3 Å². The van der Waals surface area contributed by atoms with Gasteiger partial charge >= 0.3 is 97.5 Å². The van der Waals surface area contributed by atoms with Crippen molar-refractivity contribution in [2.24, 2.45) is 41.4 Å².